The summed E-state index contributed by atoms with van der Waals surface area (Å²) in [6.07, 6.45) is 11.2. The summed E-state index contributed by atoms with van der Waals surface area (Å²) in [5.74, 6) is 0.535. The standard InChI is InChI=1S/C16H28O/c1-4-7-8-11-15(16(17)6-3)14-12-9-10-13(14)5-2/h5,13,16-17H,2,4,6-12H2,1,3H3/b15-14-. The summed E-state index contributed by atoms with van der Waals surface area (Å²) in [4.78, 5) is 0. The maximum atomic E-state index is 10.2. The van der Waals surface area contributed by atoms with Crippen molar-refractivity contribution < 1.29 is 5.11 Å². The van der Waals surface area contributed by atoms with E-state index in [0.717, 1.165) is 12.8 Å². The van der Waals surface area contributed by atoms with Crippen molar-refractivity contribution in [2.75, 3.05) is 0 Å². The van der Waals surface area contributed by atoms with Gasteiger partial charge in [-0.25, -0.2) is 0 Å². The van der Waals surface area contributed by atoms with Crippen molar-refractivity contribution in [2.45, 2.75) is 71.3 Å². The number of aliphatic hydroxyl groups is 1. The van der Waals surface area contributed by atoms with Crippen molar-refractivity contribution in [2.24, 2.45) is 5.92 Å². The number of allylic oxidation sites excluding steroid dienone is 2. The van der Waals surface area contributed by atoms with Crippen LogP contribution in [0.2, 0.25) is 0 Å². The first-order valence-corrected chi connectivity index (χ1v) is 7.26. The molecule has 0 spiro atoms. The molecule has 0 aliphatic heterocycles. The lowest BCUT2D eigenvalue weighted by atomic mass is 9.90. The van der Waals surface area contributed by atoms with E-state index in [4.69, 9.17) is 0 Å². The Morgan fingerprint density at radius 2 is 2.24 bits per heavy atom. The van der Waals surface area contributed by atoms with Crippen LogP contribution in [0.25, 0.3) is 0 Å². The molecule has 0 aromatic carbocycles. The number of unbranched alkanes of at least 4 members (excludes halogenated alkanes) is 2. The Kier molecular flexibility index (Phi) is 6.57. The highest BCUT2D eigenvalue weighted by atomic mass is 16.3. The van der Waals surface area contributed by atoms with Crippen molar-refractivity contribution in [3.8, 4) is 0 Å². The third kappa shape index (κ3) is 3.99. The van der Waals surface area contributed by atoms with Gasteiger partial charge in [0.2, 0.25) is 0 Å². The van der Waals surface area contributed by atoms with Gasteiger partial charge in [-0.05, 0) is 50.0 Å². The highest BCUT2D eigenvalue weighted by molar-refractivity contribution is 5.26. The van der Waals surface area contributed by atoms with E-state index >= 15 is 0 Å². The van der Waals surface area contributed by atoms with Crippen LogP contribution in [-0.4, -0.2) is 11.2 Å². The summed E-state index contributed by atoms with van der Waals surface area (Å²) in [7, 11) is 0. The van der Waals surface area contributed by atoms with Gasteiger partial charge in [-0.3, -0.25) is 0 Å². The van der Waals surface area contributed by atoms with E-state index in [-0.39, 0.29) is 6.10 Å². The zero-order valence-corrected chi connectivity index (χ0v) is 11.5. The molecule has 1 rings (SSSR count). The van der Waals surface area contributed by atoms with Crippen LogP contribution in [-0.2, 0) is 0 Å². The van der Waals surface area contributed by atoms with Gasteiger partial charge in [-0.15, -0.1) is 6.58 Å². The molecule has 1 saturated carbocycles. The van der Waals surface area contributed by atoms with Crippen molar-refractivity contribution in [1.82, 2.24) is 0 Å². The maximum Gasteiger partial charge on any atom is 0.0750 e. The van der Waals surface area contributed by atoms with Crippen LogP contribution in [0.3, 0.4) is 0 Å². The minimum absolute atomic E-state index is 0.220. The molecule has 1 heteroatoms. The molecule has 0 amide bonds. The van der Waals surface area contributed by atoms with Crippen LogP contribution in [0.5, 0.6) is 0 Å². The molecule has 1 N–H and O–H groups in total. The molecule has 1 aliphatic rings. The number of hydrogen-bond acceptors (Lipinski definition) is 1. The lowest BCUT2D eigenvalue weighted by molar-refractivity contribution is 0.199. The summed E-state index contributed by atoms with van der Waals surface area (Å²) in [6.45, 7) is 8.24. The van der Waals surface area contributed by atoms with Crippen LogP contribution in [0.4, 0.5) is 0 Å². The summed E-state index contributed by atoms with van der Waals surface area (Å²) in [5, 5.41) is 10.2. The topological polar surface area (TPSA) is 20.2 Å². The first-order chi connectivity index (χ1) is 8.24. The van der Waals surface area contributed by atoms with Crippen LogP contribution in [0.1, 0.15) is 65.2 Å². The second-order valence-electron chi connectivity index (χ2n) is 5.17. The summed E-state index contributed by atoms with van der Waals surface area (Å²) in [6, 6.07) is 0. The van der Waals surface area contributed by atoms with E-state index in [1.807, 2.05) is 0 Å². The van der Waals surface area contributed by atoms with Crippen LogP contribution >= 0.6 is 0 Å². The van der Waals surface area contributed by atoms with Gasteiger partial charge < -0.3 is 5.11 Å². The van der Waals surface area contributed by atoms with Gasteiger partial charge in [0.15, 0.2) is 0 Å². The van der Waals surface area contributed by atoms with E-state index < -0.39 is 0 Å². The molecule has 17 heavy (non-hydrogen) atoms. The normalized spacial score (nSPS) is 24.8. The third-order valence-corrected chi connectivity index (χ3v) is 3.94. The van der Waals surface area contributed by atoms with Crippen molar-refractivity contribution in [3.63, 3.8) is 0 Å². The highest BCUT2D eigenvalue weighted by Crippen LogP contribution is 2.37. The Balaban J connectivity index is 2.79. The molecule has 0 aromatic rings. The summed E-state index contributed by atoms with van der Waals surface area (Å²) < 4.78 is 0. The summed E-state index contributed by atoms with van der Waals surface area (Å²) in [5.41, 5.74) is 2.84. The van der Waals surface area contributed by atoms with E-state index in [1.165, 1.54) is 49.7 Å². The molecule has 1 aliphatic carbocycles. The van der Waals surface area contributed by atoms with E-state index in [9.17, 15) is 5.11 Å². The van der Waals surface area contributed by atoms with Gasteiger partial charge in [-0.2, -0.15) is 0 Å². The quantitative estimate of drug-likeness (QED) is 0.505. The Morgan fingerprint density at radius 3 is 2.82 bits per heavy atom. The van der Waals surface area contributed by atoms with Crippen molar-refractivity contribution >= 4 is 0 Å². The number of rotatable bonds is 7. The number of hydrogen-bond donors (Lipinski definition) is 1. The van der Waals surface area contributed by atoms with Crippen LogP contribution < -0.4 is 0 Å². The predicted octanol–water partition coefficient (Wildman–Crippen LogP) is 4.62. The Labute approximate surface area is 107 Å². The van der Waals surface area contributed by atoms with E-state index in [0.29, 0.717) is 5.92 Å². The van der Waals surface area contributed by atoms with Gasteiger partial charge in [-0.1, -0.05) is 38.3 Å². The second kappa shape index (κ2) is 7.71. The Bertz CT molecular complexity index is 265. The van der Waals surface area contributed by atoms with Gasteiger partial charge in [0.05, 0.1) is 6.10 Å². The second-order valence-corrected chi connectivity index (χ2v) is 5.17. The minimum atomic E-state index is -0.220. The minimum Gasteiger partial charge on any atom is -0.389 e. The molecular weight excluding hydrogens is 208 g/mol. The number of aliphatic hydroxyl groups excluding tert-OH is 1. The molecule has 1 nitrogen and oxygen atoms in total. The van der Waals surface area contributed by atoms with Crippen LogP contribution in [0.15, 0.2) is 23.8 Å². The molecule has 2 atom stereocenters. The molecule has 2 unspecified atom stereocenters. The first kappa shape index (κ1) is 14.5. The van der Waals surface area contributed by atoms with E-state index in [2.05, 4.69) is 26.5 Å². The highest BCUT2D eigenvalue weighted by Gasteiger charge is 2.23. The molecule has 0 radical (unpaired) electrons. The largest absolute Gasteiger partial charge is 0.389 e. The smallest absolute Gasteiger partial charge is 0.0750 e. The van der Waals surface area contributed by atoms with Gasteiger partial charge in [0.1, 0.15) is 0 Å². The lowest BCUT2D eigenvalue weighted by Crippen LogP contribution is -2.13. The molecule has 0 aromatic heterocycles. The van der Waals surface area contributed by atoms with E-state index in [1.54, 1.807) is 0 Å². The van der Waals surface area contributed by atoms with Gasteiger partial charge >= 0.3 is 0 Å². The fourth-order valence-corrected chi connectivity index (χ4v) is 2.88. The molecule has 0 heterocycles. The fraction of sp³-hybridized carbons (Fsp3) is 0.750. The SMILES string of the molecule is C=CC1CCC/C1=C(\CCCCC)C(O)CC. The Hall–Kier alpha value is -0.560. The van der Waals surface area contributed by atoms with Crippen molar-refractivity contribution in [1.29, 1.82) is 0 Å². The van der Waals surface area contributed by atoms with Crippen LogP contribution in [0, 0.1) is 5.92 Å². The maximum absolute atomic E-state index is 10.2. The average molecular weight is 236 g/mol. The predicted molar refractivity (Wildman–Crippen MR) is 75.0 cm³/mol. The molecule has 1 fully saturated rings. The summed E-state index contributed by atoms with van der Waals surface area (Å²) >= 11 is 0. The molecular formula is C16H28O. The third-order valence-electron chi connectivity index (χ3n) is 3.94. The molecule has 0 saturated heterocycles. The van der Waals surface area contributed by atoms with Gasteiger partial charge in [0.25, 0.3) is 0 Å². The van der Waals surface area contributed by atoms with Crippen molar-refractivity contribution in [3.05, 3.63) is 23.8 Å². The lowest BCUT2D eigenvalue weighted by Gasteiger charge is -2.19. The first-order valence-electron chi connectivity index (χ1n) is 7.26. The van der Waals surface area contributed by atoms with Gasteiger partial charge in [0, 0.05) is 0 Å². The molecule has 98 valence electrons. The Morgan fingerprint density at radius 1 is 1.47 bits per heavy atom. The monoisotopic (exact) mass is 236 g/mol. The zero-order chi connectivity index (χ0) is 12.7. The fourth-order valence-electron chi connectivity index (χ4n) is 2.88. The zero-order valence-electron chi connectivity index (χ0n) is 11.5. The molecule has 0 bridgehead atoms. The average Bonchev–Trinajstić information content (AvgIpc) is 2.81.